The molecule has 1 heterocycles. The second kappa shape index (κ2) is 5.52. The van der Waals surface area contributed by atoms with Gasteiger partial charge in [0.1, 0.15) is 5.76 Å². The van der Waals surface area contributed by atoms with Crippen molar-refractivity contribution in [2.75, 3.05) is 0 Å². The van der Waals surface area contributed by atoms with Crippen molar-refractivity contribution in [2.45, 2.75) is 52.8 Å². The van der Waals surface area contributed by atoms with Gasteiger partial charge in [0.15, 0.2) is 5.78 Å². The number of ketones is 1. The molecule has 0 aliphatic rings. The van der Waals surface area contributed by atoms with E-state index in [4.69, 9.17) is 4.42 Å². The van der Waals surface area contributed by atoms with Crippen molar-refractivity contribution in [1.29, 1.82) is 0 Å². The molecule has 0 spiro atoms. The van der Waals surface area contributed by atoms with E-state index in [0.717, 1.165) is 0 Å². The maximum atomic E-state index is 11.7. The van der Waals surface area contributed by atoms with E-state index in [1.807, 2.05) is 0 Å². The normalized spacial score (nSPS) is 12.9. The van der Waals surface area contributed by atoms with Crippen LogP contribution < -0.4 is 5.63 Å². The highest BCUT2D eigenvalue weighted by Crippen LogP contribution is 2.37. The Balaban J connectivity index is 3.32. The van der Waals surface area contributed by atoms with Gasteiger partial charge in [0.05, 0.1) is 13.6 Å². The fraction of sp³-hybridized carbons (Fsp3) is 0.500. The van der Waals surface area contributed by atoms with Crippen LogP contribution in [0.2, 0.25) is 18.1 Å². The zero-order valence-electron chi connectivity index (χ0n) is 13.5. The van der Waals surface area contributed by atoms with Gasteiger partial charge in [-0.05, 0) is 31.0 Å². The fourth-order valence-electron chi connectivity index (χ4n) is 1.51. The van der Waals surface area contributed by atoms with Crippen molar-refractivity contribution in [3.8, 4) is 0 Å². The number of rotatable bonds is 3. The molecule has 0 saturated heterocycles. The van der Waals surface area contributed by atoms with Crippen molar-refractivity contribution in [3.63, 3.8) is 0 Å². The lowest BCUT2D eigenvalue weighted by Crippen LogP contribution is -2.34. The lowest BCUT2D eigenvalue weighted by Gasteiger charge is -2.34. The highest BCUT2D eigenvalue weighted by Gasteiger charge is 2.32. The SMILES string of the molecule is CC(=O)c1cc(C)c(=O)oc1/C=C/[Si](C)(C)C(C)(C)C. The van der Waals surface area contributed by atoms with Crippen LogP contribution in [0.15, 0.2) is 21.0 Å². The first-order valence-electron chi connectivity index (χ1n) is 6.80. The molecule has 4 heteroatoms. The van der Waals surface area contributed by atoms with E-state index in [1.165, 1.54) is 6.92 Å². The molecule has 0 saturated carbocycles. The van der Waals surface area contributed by atoms with Crippen LogP contribution in [0.3, 0.4) is 0 Å². The minimum Gasteiger partial charge on any atom is -0.422 e. The van der Waals surface area contributed by atoms with E-state index >= 15 is 0 Å². The summed E-state index contributed by atoms with van der Waals surface area (Å²) < 4.78 is 5.27. The zero-order valence-corrected chi connectivity index (χ0v) is 14.5. The van der Waals surface area contributed by atoms with Crippen LogP contribution in [0.25, 0.3) is 6.08 Å². The lowest BCUT2D eigenvalue weighted by atomic mass is 10.1. The molecule has 0 radical (unpaired) electrons. The van der Waals surface area contributed by atoms with E-state index < -0.39 is 8.07 Å². The molecular formula is C16H24O3Si. The smallest absolute Gasteiger partial charge is 0.339 e. The predicted octanol–water partition coefficient (Wildman–Crippen LogP) is 4.21. The van der Waals surface area contributed by atoms with E-state index in [0.29, 0.717) is 16.9 Å². The second-order valence-corrected chi connectivity index (χ2v) is 12.1. The van der Waals surface area contributed by atoms with Gasteiger partial charge in [-0.2, -0.15) is 0 Å². The van der Waals surface area contributed by atoms with Gasteiger partial charge in [0, 0.05) is 5.56 Å². The minimum atomic E-state index is -1.63. The minimum absolute atomic E-state index is 0.0910. The Bertz CT molecular complexity index is 601. The average molecular weight is 292 g/mol. The molecule has 1 rings (SSSR count). The molecule has 0 aliphatic heterocycles. The quantitative estimate of drug-likeness (QED) is 0.619. The Kier molecular flexibility index (Phi) is 4.59. The summed E-state index contributed by atoms with van der Waals surface area (Å²) in [5.74, 6) is 0.282. The lowest BCUT2D eigenvalue weighted by molar-refractivity contribution is 0.101. The van der Waals surface area contributed by atoms with Crippen molar-refractivity contribution in [2.24, 2.45) is 0 Å². The van der Waals surface area contributed by atoms with Crippen molar-refractivity contribution in [1.82, 2.24) is 0 Å². The van der Waals surface area contributed by atoms with Crippen molar-refractivity contribution < 1.29 is 9.21 Å². The third-order valence-electron chi connectivity index (χ3n) is 4.11. The fourth-order valence-corrected chi connectivity index (χ4v) is 2.58. The summed E-state index contributed by atoms with van der Waals surface area (Å²) in [5.41, 5.74) is 2.68. The topological polar surface area (TPSA) is 47.3 Å². The predicted molar refractivity (Wildman–Crippen MR) is 86.0 cm³/mol. The van der Waals surface area contributed by atoms with Crippen molar-refractivity contribution in [3.05, 3.63) is 39.1 Å². The monoisotopic (exact) mass is 292 g/mol. The van der Waals surface area contributed by atoms with Gasteiger partial charge in [0.2, 0.25) is 0 Å². The third-order valence-corrected chi connectivity index (χ3v) is 8.98. The molecule has 1 aromatic heterocycles. The van der Waals surface area contributed by atoms with Gasteiger partial charge < -0.3 is 4.42 Å². The molecule has 0 fully saturated rings. The molecule has 1 aromatic rings. The van der Waals surface area contributed by atoms with Crippen LogP contribution in [0.4, 0.5) is 0 Å². The maximum absolute atomic E-state index is 11.7. The first-order chi connectivity index (χ1) is 8.95. The summed E-state index contributed by atoms with van der Waals surface area (Å²) in [6.07, 6.45) is 1.80. The second-order valence-electron chi connectivity index (χ2n) is 6.86. The Labute approximate surface area is 121 Å². The molecule has 20 heavy (non-hydrogen) atoms. The average Bonchev–Trinajstić information content (AvgIpc) is 2.28. The zero-order chi connectivity index (χ0) is 15.7. The van der Waals surface area contributed by atoms with Gasteiger partial charge in [0.25, 0.3) is 0 Å². The van der Waals surface area contributed by atoms with Crippen LogP contribution in [-0.2, 0) is 0 Å². The summed E-state index contributed by atoms with van der Waals surface area (Å²) in [6, 6.07) is 1.61. The van der Waals surface area contributed by atoms with Crippen LogP contribution in [-0.4, -0.2) is 13.9 Å². The summed E-state index contributed by atoms with van der Waals surface area (Å²) in [7, 11) is -1.63. The Morgan fingerprint density at radius 3 is 2.30 bits per heavy atom. The number of hydrogen-bond acceptors (Lipinski definition) is 3. The number of hydrogen-bond donors (Lipinski definition) is 0. The van der Waals surface area contributed by atoms with E-state index in [-0.39, 0.29) is 16.4 Å². The summed E-state index contributed by atoms with van der Waals surface area (Å²) in [5, 5.41) is 0.199. The number of carbonyl (C=O) groups is 1. The first-order valence-corrected chi connectivity index (χ1v) is 9.88. The molecular weight excluding hydrogens is 268 g/mol. The largest absolute Gasteiger partial charge is 0.422 e. The van der Waals surface area contributed by atoms with Gasteiger partial charge in [-0.15, -0.1) is 0 Å². The molecule has 0 amide bonds. The Morgan fingerprint density at radius 1 is 1.30 bits per heavy atom. The standard InChI is InChI=1S/C16H24O3Si/c1-11-10-13(12(2)17)14(19-15(11)18)8-9-20(6,7)16(3,4)5/h8-10H,1-7H3/b9-8+. The molecule has 3 nitrogen and oxygen atoms in total. The summed E-state index contributed by atoms with van der Waals surface area (Å²) in [4.78, 5) is 23.3. The van der Waals surface area contributed by atoms with E-state index in [1.54, 1.807) is 19.1 Å². The third kappa shape index (κ3) is 3.57. The molecule has 0 bridgehead atoms. The Hall–Kier alpha value is -1.42. The van der Waals surface area contributed by atoms with Gasteiger partial charge in [-0.1, -0.05) is 39.6 Å². The van der Waals surface area contributed by atoms with Gasteiger partial charge in [-0.25, -0.2) is 4.79 Å². The van der Waals surface area contributed by atoms with Crippen LogP contribution in [0, 0.1) is 6.92 Å². The summed E-state index contributed by atoms with van der Waals surface area (Å²) in [6.45, 7) is 14.3. The molecule has 0 aromatic carbocycles. The van der Waals surface area contributed by atoms with E-state index in [2.05, 4.69) is 39.6 Å². The molecule has 0 unspecified atom stereocenters. The Morgan fingerprint density at radius 2 is 1.85 bits per heavy atom. The summed E-state index contributed by atoms with van der Waals surface area (Å²) >= 11 is 0. The number of carbonyl (C=O) groups excluding carboxylic acids is 1. The van der Waals surface area contributed by atoms with Gasteiger partial charge in [-0.3, -0.25) is 4.79 Å². The van der Waals surface area contributed by atoms with Gasteiger partial charge >= 0.3 is 5.63 Å². The highest BCUT2D eigenvalue weighted by atomic mass is 28.3. The number of Topliss-reactive ketones (excluding diaryl/α,β-unsaturated/α-hetero) is 1. The van der Waals surface area contributed by atoms with E-state index in [9.17, 15) is 9.59 Å². The number of aryl methyl sites for hydroxylation is 1. The molecule has 110 valence electrons. The molecule has 0 atom stereocenters. The van der Waals surface area contributed by atoms with Crippen LogP contribution in [0.1, 0.15) is 49.4 Å². The molecule has 0 aliphatic carbocycles. The highest BCUT2D eigenvalue weighted by molar-refractivity contribution is 6.85. The van der Waals surface area contributed by atoms with Crippen LogP contribution >= 0.6 is 0 Å². The first kappa shape index (κ1) is 16.6. The van der Waals surface area contributed by atoms with Crippen molar-refractivity contribution >= 4 is 19.9 Å². The maximum Gasteiger partial charge on any atom is 0.339 e. The molecule has 0 N–H and O–H groups in total. The van der Waals surface area contributed by atoms with Crippen LogP contribution in [0.5, 0.6) is 0 Å².